The average molecular weight is 310 g/mol. The number of nitrogens with two attached hydrogens (primary N) is 1. The number of hydrogen-bond acceptors (Lipinski definition) is 4. The van der Waals surface area contributed by atoms with Gasteiger partial charge in [-0.25, -0.2) is 17.9 Å². The Morgan fingerprint density at radius 3 is 2.57 bits per heavy atom. The number of hydrogen-bond donors (Lipinski definition) is 3. The van der Waals surface area contributed by atoms with Crippen LogP contribution in [0.5, 0.6) is 0 Å². The summed E-state index contributed by atoms with van der Waals surface area (Å²) in [5, 5.41) is 9.14. The zero-order valence-corrected chi connectivity index (χ0v) is 12.3. The first-order valence-electron chi connectivity index (χ1n) is 6.97. The van der Waals surface area contributed by atoms with Gasteiger partial charge in [-0.3, -0.25) is 0 Å². The van der Waals surface area contributed by atoms with Crippen LogP contribution < -0.4 is 10.5 Å². The van der Waals surface area contributed by atoms with Gasteiger partial charge in [0, 0.05) is 12.2 Å². The van der Waals surface area contributed by atoms with Crippen molar-refractivity contribution in [2.75, 3.05) is 12.3 Å². The molecule has 0 heterocycles. The molecule has 0 spiro atoms. The molecule has 2 fully saturated rings. The van der Waals surface area contributed by atoms with Crippen molar-refractivity contribution in [1.29, 1.82) is 0 Å². The highest BCUT2D eigenvalue weighted by molar-refractivity contribution is 7.89. The molecule has 0 amide bonds. The van der Waals surface area contributed by atoms with Crippen LogP contribution in [-0.2, 0) is 10.0 Å². The van der Waals surface area contributed by atoms with E-state index in [2.05, 4.69) is 4.72 Å². The van der Waals surface area contributed by atoms with E-state index >= 15 is 0 Å². The molecule has 0 atom stereocenters. The Bertz CT molecular complexity index is 691. The molecule has 2 saturated carbocycles. The monoisotopic (exact) mass is 310 g/mol. The molecular formula is C14H18N2O4S. The Kier molecular flexibility index (Phi) is 3.22. The SMILES string of the molecule is Nc1ccc(S(=O)(=O)NCC2(C3CC3)CC2)c(C(=O)O)c1. The molecule has 0 aromatic heterocycles. The van der Waals surface area contributed by atoms with Crippen LogP contribution in [0.3, 0.4) is 0 Å². The largest absolute Gasteiger partial charge is 0.478 e. The molecule has 2 aliphatic rings. The summed E-state index contributed by atoms with van der Waals surface area (Å²) in [6.45, 7) is 0.392. The van der Waals surface area contributed by atoms with E-state index in [1.54, 1.807) is 0 Å². The highest BCUT2D eigenvalue weighted by atomic mass is 32.2. The number of aromatic carboxylic acids is 1. The maximum absolute atomic E-state index is 12.4. The Hall–Kier alpha value is -1.60. The second-order valence-electron chi connectivity index (χ2n) is 6.02. The summed E-state index contributed by atoms with van der Waals surface area (Å²) in [4.78, 5) is 11.0. The number of rotatable bonds is 6. The Morgan fingerprint density at radius 2 is 2.05 bits per heavy atom. The smallest absolute Gasteiger partial charge is 0.337 e. The van der Waals surface area contributed by atoms with Crippen molar-refractivity contribution in [3.8, 4) is 0 Å². The van der Waals surface area contributed by atoms with Gasteiger partial charge in [0.2, 0.25) is 10.0 Å². The molecule has 0 bridgehead atoms. The fraction of sp³-hybridized carbons (Fsp3) is 0.500. The van der Waals surface area contributed by atoms with E-state index in [1.807, 2.05) is 0 Å². The highest BCUT2D eigenvalue weighted by Crippen LogP contribution is 2.60. The highest BCUT2D eigenvalue weighted by Gasteiger charge is 2.53. The summed E-state index contributed by atoms with van der Waals surface area (Å²) in [5.41, 5.74) is 5.58. The second-order valence-corrected chi connectivity index (χ2v) is 7.76. The number of sulfonamides is 1. The number of nitrogens with one attached hydrogen (secondary N) is 1. The van der Waals surface area contributed by atoms with E-state index in [-0.39, 0.29) is 21.6 Å². The molecule has 0 saturated heterocycles. The van der Waals surface area contributed by atoms with Crippen molar-refractivity contribution in [3.05, 3.63) is 23.8 Å². The van der Waals surface area contributed by atoms with Crippen LogP contribution >= 0.6 is 0 Å². The lowest BCUT2D eigenvalue weighted by Gasteiger charge is -2.16. The number of anilines is 1. The summed E-state index contributed by atoms with van der Waals surface area (Å²) in [5.74, 6) is -0.670. The number of carbonyl (C=O) groups is 1. The van der Waals surface area contributed by atoms with Crippen molar-refractivity contribution in [3.63, 3.8) is 0 Å². The van der Waals surface area contributed by atoms with Gasteiger partial charge in [-0.15, -0.1) is 0 Å². The van der Waals surface area contributed by atoms with Gasteiger partial charge in [0.05, 0.1) is 10.5 Å². The Morgan fingerprint density at radius 1 is 1.38 bits per heavy atom. The van der Waals surface area contributed by atoms with Crippen LogP contribution in [0, 0.1) is 11.3 Å². The van der Waals surface area contributed by atoms with Crippen molar-refractivity contribution in [2.24, 2.45) is 11.3 Å². The van der Waals surface area contributed by atoms with Crippen LogP contribution in [0.1, 0.15) is 36.0 Å². The minimum Gasteiger partial charge on any atom is -0.478 e. The van der Waals surface area contributed by atoms with Crippen LogP contribution in [0.2, 0.25) is 0 Å². The van der Waals surface area contributed by atoms with Gasteiger partial charge in [0.25, 0.3) is 0 Å². The standard InChI is InChI=1S/C14H18N2O4S/c15-10-3-4-12(11(7-10)13(17)18)21(19,20)16-8-14(5-6-14)9-1-2-9/h3-4,7,9,16H,1-2,5-6,8,15H2,(H,17,18). The Balaban J connectivity index is 1.83. The maximum Gasteiger partial charge on any atom is 0.337 e. The zero-order valence-electron chi connectivity index (χ0n) is 11.5. The van der Waals surface area contributed by atoms with E-state index in [1.165, 1.54) is 31.0 Å². The first-order valence-corrected chi connectivity index (χ1v) is 8.45. The summed E-state index contributed by atoms with van der Waals surface area (Å²) < 4.78 is 27.3. The lowest BCUT2D eigenvalue weighted by molar-refractivity contribution is 0.0692. The van der Waals surface area contributed by atoms with Crippen LogP contribution in [-0.4, -0.2) is 26.0 Å². The maximum atomic E-state index is 12.4. The van der Waals surface area contributed by atoms with Crippen LogP contribution in [0.15, 0.2) is 23.1 Å². The third-order valence-corrected chi connectivity index (χ3v) is 5.93. The van der Waals surface area contributed by atoms with Gasteiger partial charge in [-0.1, -0.05) is 0 Å². The molecule has 6 nitrogen and oxygen atoms in total. The molecule has 4 N–H and O–H groups in total. The molecule has 1 aromatic carbocycles. The minimum atomic E-state index is -3.84. The fourth-order valence-electron chi connectivity index (χ4n) is 2.85. The molecule has 7 heteroatoms. The van der Waals surface area contributed by atoms with Gasteiger partial charge in [-0.05, 0) is 55.2 Å². The van der Waals surface area contributed by atoms with Crippen molar-refractivity contribution in [1.82, 2.24) is 4.72 Å². The van der Waals surface area contributed by atoms with Crippen molar-refractivity contribution < 1.29 is 18.3 Å². The number of nitrogen functional groups attached to an aromatic ring is 1. The first kappa shape index (κ1) is 14.3. The van der Waals surface area contributed by atoms with E-state index < -0.39 is 16.0 Å². The molecule has 0 radical (unpaired) electrons. The first-order chi connectivity index (χ1) is 9.84. The number of benzene rings is 1. The number of carboxylic acid groups (broad SMARTS) is 1. The van der Waals surface area contributed by atoms with Gasteiger partial charge >= 0.3 is 5.97 Å². The predicted molar refractivity (Wildman–Crippen MR) is 77.4 cm³/mol. The zero-order chi connectivity index (χ0) is 15.3. The molecule has 21 heavy (non-hydrogen) atoms. The summed E-state index contributed by atoms with van der Waals surface area (Å²) in [6.07, 6.45) is 4.44. The van der Waals surface area contributed by atoms with Gasteiger partial charge in [0.15, 0.2) is 0 Å². The molecule has 3 rings (SSSR count). The number of carboxylic acids is 1. The van der Waals surface area contributed by atoms with Crippen molar-refractivity contribution in [2.45, 2.75) is 30.6 Å². The van der Waals surface area contributed by atoms with E-state index in [0.717, 1.165) is 12.8 Å². The Labute approximate surface area is 123 Å². The minimum absolute atomic E-state index is 0.115. The van der Waals surface area contributed by atoms with Crippen LogP contribution in [0.4, 0.5) is 5.69 Å². The molecule has 0 unspecified atom stereocenters. The van der Waals surface area contributed by atoms with Crippen LogP contribution in [0.25, 0.3) is 0 Å². The van der Waals surface area contributed by atoms with E-state index in [0.29, 0.717) is 12.5 Å². The quantitative estimate of drug-likeness (QED) is 0.689. The normalized spacial score (nSPS) is 20.2. The predicted octanol–water partition coefficient (Wildman–Crippen LogP) is 1.44. The third-order valence-electron chi connectivity index (χ3n) is 4.47. The topological polar surface area (TPSA) is 109 Å². The fourth-order valence-corrected chi connectivity index (χ4v) is 4.17. The van der Waals surface area contributed by atoms with Gasteiger partial charge < -0.3 is 10.8 Å². The van der Waals surface area contributed by atoms with E-state index in [9.17, 15) is 13.2 Å². The lowest BCUT2D eigenvalue weighted by Crippen LogP contribution is -2.32. The molecule has 114 valence electrons. The summed E-state index contributed by atoms with van der Waals surface area (Å²) >= 11 is 0. The van der Waals surface area contributed by atoms with Crippen molar-refractivity contribution >= 4 is 21.7 Å². The summed E-state index contributed by atoms with van der Waals surface area (Å²) in [7, 11) is -3.84. The van der Waals surface area contributed by atoms with Gasteiger partial charge in [0.1, 0.15) is 0 Å². The van der Waals surface area contributed by atoms with Gasteiger partial charge in [-0.2, -0.15) is 0 Å². The third kappa shape index (κ3) is 2.75. The summed E-state index contributed by atoms with van der Waals surface area (Å²) in [6, 6.07) is 3.82. The molecule has 1 aromatic rings. The molecular weight excluding hydrogens is 292 g/mol. The lowest BCUT2D eigenvalue weighted by atomic mass is 10.0. The molecule has 2 aliphatic carbocycles. The molecule has 0 aliphatic heterocycles. The second kappa shape index (κ2) is 4.71. The average Bonchev–Trinajstić information content (AvgIpc) is 3.27. The van der Waals surface area contributed by atoms with E-state index in [4.69, 9.17) is 10.8 Å².